The van der Waals surface area contributed by atoms with Gasteiger partial charge in [-0.15, -0.1) is 0 Å². The van der Waals surface area contributed by atoms with E-state index in [-0.39, 0.29) is 6.09 Å². The lowest BCUT2D eigenvalue weighted by Crippen LogP contribution is -2.50. The molecule has 0 atom stereocenters. The zero-order chi connectivity index (χ0) is 20.8. The van der Waals surface area contributed by atoms with Crippen molar-refractivity contribution in [3.63, 3.8) is 0 Å². The molecule has 8 heteroatoms. The maximum Gasteiger partial charge on any atom is 0.410 e. The summed E-state index contributed by atoms with van der Waals surface area (Å²) in [5.74, 6) is 1.70. The molecule has 0 unspecified atom stereocenters. The summed E-state index contributed by atoms with van der Waals surface area (Å²) < 4.78 is 11.2. The van der Waals surface area contributed by atoms with E-state index in [1.807, 2.05) is 39.0 Å². The summed E-state index contributed by atoms with van der Waals surface area (Å²) in [7, 11) is 2.06. The molecule has 0 bridgehead atoms. The number of hydrogen-bond donors (Lipinski definition) is 0. The second kappa shape index (κ2) is 7.54. The van der Waals surface area contributed by atoms with E-state index in [9.17, 15) is 4.79 Å². The van der Waals surface area contributed by atoms with Crippen molar-refractivity contribution >= 4 is 23.5 Å². The van der Waals surface area contributed by atoms with Crippen molar-refractivity contribution in [3.05, 3.63) is 34.5 Å². The fraction of sp³-hybridized carbons (Fsp3) is 0.524. The summed E-state index contributed by atoms with van der Waals surface area (Å²) >= 11 is 6.24. The lowest BCUT2D eigenvalue weighted by atomic mass is 10.00. The molecule has 0 radical (unpaired) electrons. The lowest BCUT2D eigenvalue weighted by Gasteiger charge is -2.35. The minimum absolute atomic E-state index is 0.266. The lowest BCUT2D eigenvalue weighted by molar-refractivity contribution is 0.0240. The number of carbonyl (C=O) groups excluding carboxylic acids is 1. The number of anilines is 1. The molecule has 156 valence electrons. The van der Waals surface area contributed by atoms with E-state index >= 15 is 0 Å². The molecule has 1 fully saturated rings. The molecule has 3 heterocycles. The van der Waals surface area contributed by atoms with Crippen LogP contribution in [0.4, 0.5) is 10.6 Å². The van der Waals surface area contributed by atoms with Crippen LogP contribution in [0.1, 0.15) is 32.1 Å². The number of benzene rings is 1. The largest absolute Gasteiger partial charge is 0.444 e. The minimum atomic E-state index is -0.491. The highest BCUT2D eigenvalue weighted by Gasteiger charge is 2.31. The van der Waals surface area contributed by atoms with Crippen LogP contribution in [0.25, 0.3) is 11.1 Å². The number of ether oxygens (including phenoxy) is 1. The number of carbonyl (C=O) groups is 1. The van der Waals surface area contributed by atoms with E-state index in [4.69, 9.17) is 20.9 Å². The van der Waals surface area contributed by atoms with Gasteiger partial charge < -0.3 is 19.1 Å². The molecule has 1 aromatic heterocycles. The van der Waals surface area contributed by atoms with Gasteiger partial charge in [0.2, 0.25) is 0 Å². The third-order valence-corrected chi connectivity index (χ3v) is 5.40. The van der Waals surface area contributed by atoms with Gasteiger partial charge in [0.25, 0.3) is 0 Å². The van der Waals surface area contributed by atoms with Crippen LogP contribution in [-0.2, 0) is 17.8 Å². The second-order valence-corrected chi connectivity index (χ2v) is 9.17. The molecule has 0 saturated carbocycles. The smallest absolute Gasteiger partial charge is 0.410 e. The maximum absolute atomic E-state index is 12.3. The van der Waals surface area contributed by atoms with Crippen LogP contribution in [0, 0.1) is 0 Å². The van der Waals surface area contributed by atoms with Crippen molar-refractivity contribution in [1.82, 2.24) is 15.0 Å². The molecule has 7 nitrogen and oxygen atoms in total. The monoisotopic (exact) mass is 418 g/mol. The predicted octanol–water partition coefficient (Wildman–Crippen LogP) is 4.00. The number of amides is 1. The first-order valence-corrected chi connectivity index (χ1v) is 10.3. The number of piperazine rings is 1. The SMILES string of the molecule is CN1Cc2cc(Cl)ccc2-c2c(N3CCN(C(=O)OC(C)(C)C)CC3)noc2C1. The van der Waals surface area contributed by atoms with Crippen LogP contribution in [0.5, 0.6) is 0 Å². The highest BCUT2D eigenvalue weighted by molar-refractivity contribution is 6.30. The Hall–Kier alpha value is -2.25. The summed E-state index contributed by atoms with van der Waals surface area (Å²) in [4.78, 5) is 18.5. The summed E-state index contributed by atoms with van der Waals surface area (Å²) in [5.41, 5.74) is 2.82. The molecule has 2 aromatic rings. The summed E-state index contributed by atoms with van der Waals surface area (Å²) in [6, 6.07) is 5.97. The van der Waals surface area contributed by atoms with Crippen molar-refractivity contribution in [3.8, 4) is 11.1 Å². The molecular formula is C21H27ClN4O3. The Balaban J connectivity index is 1.57. The van der Waals surface area contributed by atoms with Crippen molar-refractivity contribution in [2.45, 2.75) is 39.5 Å². The zero-order valence-electron chi connectivity index (χ0n) is 17.4. The minimum Gasteiger partial charge on any atom is -0.444 e. The maximum atomic E-state index is 12.3. The molecule has 0 spiro atoms. The van der Waals surface area contributed by atoms with Crippen LogP contribution in [0.15, 0.2) is 22.7 Å². The average Bonchev–Trinajstić information content (AvgIpc) is 2.98. The average molecular weight is 419 g/mol. The van der Waals surface area contributed by atoms with Gasteiger partial charge in [-0.1, -0.05) is 22.8 Å². The quantitative estimate of drug-likeness (QED) is 0.697. The Morgan fingerprint density at radius 1 is 1.17 bits per heavy atom. The summed E-state index contributed by atoms with van der Waals surface area (Å²) in [6.07, 6.45) is -0.266. The number of halogens is 1. The van der Waals surface area contributed by atoms with E-state index < -0.39 is 5.60 Å². The van der Waals surface area contributed by atoms with Crippen LogP contribution in [0.3, 0.4) is 0 Å². The topological polar surface area (TPSA) is 62.0 Å². The Morgan fingerprint density at radius 2 is 1.90 bits per heavy atom. The molecule has 2 aliphatic rings. The first kappa shape index (κ1) is 20.0. The Morgan fingerprint density at radius 3 is 2.59 bits per heavy atom. The third-order valence-electron chi connectivity index (χ3n) is 5.17. The van der Waals surface area contributed by atoms with Gasteiger partial charge in [-0.3, -0.25) is 4.90 Å². The molecule has 1 amide bonds. The van der Waals surface area contributed by atoms with Gasteiger partial charge in [-0.05, 0) is 51.1 Å². The van der Waals surface area contributed by atoms with Crippen LogP contribution >= 0.6 is 11.6 Å². The van der Waals surface area contributed by atoms with Gasteiger partial charge in [0.1, 0.15) is 5.60 Å². The molecule has 2 aliphatic heterocycles. The van der Waals surface area contributed by atoms with Crippen LogP contribution < -0.4 is 4.90 Å². The highest BCUT2D eigenvalue weighted by atomic mass is 35.5. The Bertz CT molecular complexity index is 913. The standard InChI is InChI=1S/C21H27ClN4O3/c1-21(2,3)28-20(27)26-9-7-25(8-10-26)19-18-16-6-5-15(22)11-14(16)12-24(4)13-17(18)29-23-19/h5-6,11H,7-10,12-13H2,1-4H3. The van der Waals surface area contributed by atoms with Crippen molar-refractivity contribution in [2.75, 3.05) is 38.1 Å². The van der Waals surface area contributed by atoms with Gasteiger partial charge >= 0.3 is 6.09 Å². The predicted molar refractivity (Wildman–Crippen MR) is 112 cm³/mol. The Labute approximate surface area is 176 Å². The van der Waals surface area contributed by atoms with E-state index in [2.05, 4.69) is 22.0 Å². The van der Waals surface area contributed by atoms with Crippen molar-refractivity contribution in [1.29, 1.82) is 0 Å². The van der Waals surface area contributed by atoms with Gasteiger partial charge in [0, 0.05) is 37.7 Å². The molecule has 0 N–H and O–H groups in total. The molecular weight excluding hydrogens is 392 g/mol. The number of aromatic nitrogens is 1. The van der Waals surface area contributed by atoms with Crippen LogP contribution in [0.2, 0.25) is 5.02 Å². The summed E-state index contributed by atoms with van der Waals surface area (Å²) in [5, 5.41) is 5.13. The second-order valence-electron chi connectivity index (χ2n) is 8.73. The molecule has 1 aromatic carbocycles. The number of nitrogens with zero attached hydrogens (tertiary/aromatic N) is 4. The normalized spacial score (nSPS) is 17.6. The Kier molecular flexibility index (Phi) is 5.21. The fourth-order valence-corrected chi connectivity index (χ4v) is 4.06. The van der Waals surface area contributed by atoms with E-state index in [0.717, 1.165) is 39.8 Å². The number of hydrogen-bond acceptors (Lipinski definition) is 6. The fourth-order valence-electron chi connectivity index (χ4n) is 3.86. The summed E-state index contributed by atoms with van der Waals surface area (Å²) in [6.45, 7) is 9.66. The van der Waals surface area contributed by atoms with E-state index in [1.165, 1.54) is 0 Å². The molecule has 0 aliphatic carbocycles. The van der Waals surface area contributed by atoms with Crippen LogP contribution in [-0.4, -0.2) is 59.9 Å². The third kappa shape index (κ3) is 4.21. The molecule has 4 rings (SSSR count). The zero-order valence-corrected chi connectivity index (χ0v) is 18.1. The van der Waals surface area contributed by atoms with E-state index in [1.54, 1.807) is 4.90 Å². The number of fused-ring (bicyclic) bond motifs is 3. The molecule has 1 saturated heterocycles. The van der Waals surface area contributed by atoms with Crippen molar-refractivity contribution < 1.29 is 14.1 Å². The van der Waals surface area contributed by atoms with Crippen molar-refractivity contribution in [2.24, 2.45) is 0 Å². The van der Waals surface area contributed by atoms with Gasteiger partial charge in [-0.25, -0.2) is 4.79 Å². The van der Waals surface area contributed by atoms with Gasteiger partial charge in [0.15, 0.2) is 11.6 Å². The number of rotatable bonds is 1. The highest BCUT2D eigenvalue weighted by Crippen LogP contribution is 2.40. The molecule has 29 heavy (non-hydrogen) atoms. The van der Waals surface area contributed by atoms with Gasteiger partial charge in [0.05, 0.1) is 12.1 Å². The van der Waals surface area contributed by atoms with Gasteiger partial charge in [-0.2, -0.15) is 0 Å². The van der Waals surface area contributed by atoms with E-state index in [0.29, 0.717) is 32.7 Å². The first-order chi connectivity index (χ1) is 13.7. The first-order valence-electron chi connectivity index (χ1n) is 9.90.